The molecule has 4 nitrogen and oxygen atoms in total. The highest BCUT2D eigenvalue weighted by molar-refractivity contribution is 6.23. The van der Waals surface area contributed by atoms with E-state index in [1.807, 2.05) is 6.07 Å². The fourth-order valence-electron chi connectivity index (χ4n) is 9.36. The minimum absolute atomic E-state index is 0.0452. The Morgan fingerprint density at radius 1 is 0.463 bits per heavy atom. The molecule has 1 aliphatic carbocycles. The summed E-state index contributed by atoms with van der Waals surface area (Å²) in [5, 5.41) is 7.47. The first kappa shape index (κ1) is 31.3. The summed E-state index contributed by atoms with van der Waals surface area (Å²) in [4.78, 5) is 10.9. The van der Waals surface area contributed by atoms with Crippen LogP contribution >= 0.6 is 0 Å². The van der Waals surface area contributed by atoms with Crippen molar-refractivity contribution in [2.24, 2.45) is 0 Å². The molecular weight excluding hydrogens is 657 g/mol. The number of hydrogen-bond donors (Lipinski definition) is 0. The van der Waals surface area contributed by atoms with Crippen LogP contribution in [0.3, 0.4) is 0 Å². The molecule has 11 rings (SSSR count). The van der Waals surface area contributed by atoms with Crippen LogP contribution in [0.1, 0.15) is 51.7 Å². The molecule has 0 amide bonds. The first-order chi connectivity index (χ1) is 26.3. The van der Waals surface area contributed by atoms with Crippen LogP contribution in [0.5, 0.6) is 0 Å². The Labute approximate surface area is 314 Å². The van der Waals surface area contributed by atoms with Crippen LogP contribution in [0.4, 0.5) is 0 Å². The van der Waals surface area contributed by atoms with Crippen molar-refractivity contribution < 1.29 is 0 Å². The molecule has 0 spiro atoms. The van der Waals surface area contributed by atoms with Crippen LogP contribution in [0.25, 0.3) is 88.2 Å². The standard InChI is InChI=1S/C50H40N4/c1-49(2)25-26-50(3,4)40-29-43-38(28-39(40)49)37-27-36-35-24-23-31-15-11-12-20-34(31)47(35)53(33-18-9-6-10-19-33)44(36)30-45(37)54(43)48-46(32-16-7-5-8-17-32)51-41-21-13-14-22-42(41)52-48/h5-24,27-30H,25-26H2,1-4H3. The summed E-state index contributed by atoms with van der Waals surface area (Å²) in [7, 11) is 0. The molecular formula is C50H40N4. The fourth-order valence-corrected chi connectivity index (χ4v) is 9.36. The minimum atomic E-state index is 0.0452. The van der Waals surface area contributed by atoms with Gasteiger partial charge in [0.05, 0.1) is 33.1 Å². The van der Waals surface area contributed by atoms with E-state index in [1.54, 1.807) is 0 Å². The summed E-state index contributed by atoms with van der Waals surface area (Å²) < 4.78 is 4.89. The fraction of sp³-hybridized carbons (Fsp3) is 0.160. The monoisotopic (exact) mass is 696 g/mol. The third kappa shape index (κ3) is 4.43. The molecule has 260 valence electrons. The largest absolute Gasteiger partial charge is 0.309 e. The summed E-state index contributed by atoms with van der Waals surface area (Å²) in [5.41, 5.74) is 12.5. The van der Waals surface area contributed by atoms with E-state index >= 15 is 0 Å². The van der Waals surface area contributed by atoms with Crippen molar-refractivity contribution in [1.29, 1.82) is 0 Å². The Balaban J connectivity index is 1.37. The third-order valence-corrected chi connectivity index (χ3v) is 12.3. The molecule has 7 aromatic carbocycles. The van der Waals surface area contributed by atoms with E-state index in [4.69, 9.17) is 9.97 Å². The van der Waals surface area contributed by atoms with Gasteiger partial charge >= 0.3 is 0 Å². The molecule has 0 unspecified atom stereocenters. The Hall–Kier alpha value is -6.26. The molecule has 0 saturated heterocycles. The van der Waals surface area contributed by atoms with Gasteiger partial charge in [0, 0.05) is 38.2 Å². The van der Waals surface area contributed by atoms with Gasteiger partial charge in [0.15, 0.2) is 5.82 Å². The van der Waals surface area contributed by atoms with Gasteiger partial charge in [0.2, 0.25) is 0 Å². The van der Waals surface area contributed by atoms with E-state index < -0.39 is 0 Å². The molecule has 0 saturated carbocycles. The lowest BCUT2D eigenvalue weighted by Crippen LogP contribution is -2.33. The van der Waals surface area contributed by atoms with Crippen LogP contribution in [-0.2, 0) is 10.8 Å². The molecule has 10 aromatic rings. The number of hydrogen-bond acceptors (Lipinski definition) is 2. The molecule has 3 heterocycles. The summed E-state index contributed by atoms with van der Waals surface area (Å²) in [6, 6.07) is 52.9. The van der Waals surface area contributed by atoms with Crippen molar-refractivity contribution in [3.05, 3.63) is 157 Å². The van der Waals surface area contributed by atoms with Gasteiger partial charge < -0.3 is 4.57 Å². The molecule has 0 bridgehead atoms. The lowest BCUT2D eigenvalue weighted by molar-refractivity contribution is 0.332. The maximum atomic E-state index is 5.51. The van der Waals surface area contributed by atoms with Gasteiger partial charge in [0.1, 0.15) is 5.69 Å². The second-order valence-corrected chi connectivity index (χ2v) is 16.5. The Morgan fingerprint density at radius 3 is 1.80 bits per heavy atom. The van der Waals surface area contributed by atoms with E-state index in [9.17, 15) is 0 Å². The Bertz CT molecular complexity index is 3150. The van der Waals surface area contributed by atoms with Gasteiger partial charge in [-0.05, 0) is 88.7 Å². The lowest BCUT2D eigenvalue weighted by atomic mass is 9.63. The molecule has 0 radical (unpaired) electrons. The first-order valence-electron chi connectivity index (χ1n) is 19.1. The van der Waals surface area contributed by atoms with Gasteiger partial charge in [-0.25, -0.2) is 9.97 Å². The van der Waals surface area contributed by atoms with Crippen LogP contribution < -0.4 is 0 Å². The summed E-state index contributed by atoms with van der Waals surface area (Å²) >= 11 is 0. The molecule has 4 heteroatoms. The Morgan fingerprint density at radius 2 is 1.04 bits per heavy atom. The van der Waals surface area contributed by atoms with Crippen molar-refractivity contribution in [3.63, 3.8) is 0 Å². The lowest BCUT2D eigenvalue weighted by Gasteiger charge is -2.42. The number of nitrogens with zero attached hydrogens (tertiary/aromatic N) is 4. The van der Waals surface area contributed by atoms with E-state index in [0.717, 1.165) is 52.2 Å². The predicted octanol–water partition coefficient (Wildman–Crippen LogP) is 13.0. The summed E-state index contributed by atoms with van der Waals surface area (Å²) in [6.07, 6.45) is 2.31. The number of fused-ring (bicyclic) bond motifs is 10. The average molecular weight is 697 g/mol. The van der Waals surface area contributed by atoms with E-state index in [-0.39, 0.29) is 10.8 Å². The molecule has 3 aromatic heterocycles. The van der Waals surface area contributed by atoms with Crippen molar-refractivity contribution >= 4 is 65.4 Å². The molecule has 0 N–H and O–H groups in total. The van der Waals surface area contributed by atoms with Gasteiger partial charge in [-0.3, -0.25) is 4.57 Å². The second-order valence-electron chi connectivity index (χ2n) is 16.5. The smallest absolute Gasteiger partial charge is 0.165 e. The molecule has 0 fully saturated rings. The van der Waals surface area contributed by atoms with Crippen molar-refractivity contribution in [3.8, 4) is 22.8 Å². The van der Waals surface area contributed by atoms with Gasteiger partial charge in [0.25, 0.3) is 0 Å². The number of benzene rings is 7. The quantitative estimate of drug-likeness (QED) is 0.184. The molecule has 1 aliphatic rings. The number of para-hydroxylation sites is 3. The zero-order chi connectivity index (χ0) is 36.3. The highest BCUT2D eigenvalue weighted by atomic mass is 15.1. The minimum Gasteiger partial charge on any atom is -0.309 e. The number of aromatic nitrogens is 4. The predicted molar refractivity (Wildman–Crippen MR) is 226 cm³/mol. The van der Waals surface area contributed by atoms with Crippen molar-refractivity contribution in [2.75, 3.05) is 0 Å². The van der Waals surface area contributed by atoms with Crippen LogP contribution in [0, 0.1) is 0 Å². The van der Waals surface area contributed by atoms with E-state index in [1.165, 1.54) is 60.0 Å². The zero-order valence-corrected chi connectivity index (χ0v) is 31.1. The van der Waals surface area contributed by atoms with Crippen molar-refractivity contribution in [2.45, 2.75) is 51.4 Å². The van der Waals surface area contributed by atoms with Gasteiger partial charge in [-0.1, -0.05) is 125 Å². The van der Waals surface area contributed by atoms with Crippen molar-refractivity contribution in [1.82, 2.24) is 19.1 Å². The summed E-state index contributed by atoms with van der Waals surface area (Å²) in [5.74, 6) is 0.847. The average Bonchev–Trinajstić information content (AvgIpc) is 3.70. The van der Waals surface area contributed by atoms with Crippen LogP contribution in [-0.4, -0.2) is 19.1 Å². The topological polar surface area (TPSA) is 35.6 Å². The van der Waals surface area contributed by atoms with Crippen LogP contribution in [0.2, 0.25) is 0 Å². The summed E-state index contributed by atoms with van der Waals surface area (Å²) in [6.45, 7) is 9.67. The van der Waals surface area contributed by atoms with E-state index in [0.29, 0.717) is 0 Å². The zero-order valence-electron chi connectivity index (χ0n) is 31.1. The molecule has 0 atom stereocenters. The highest BCUT2D eigenvalue weighted by Gasteiger charge is 2.38. The third-order valence-electron chi connectivity index (χ3n) is 12.3. The second kappa shape index (κ2) is 11.1. The SMILES string of the molecule is CC1(C)CCC(C)(C)c2cc3c(cc21)c1cc2c4ccc5ccccc5c4n(-c4ccccc4)c2cc1n3-c1nc2ccccc2nc1-c1ccccc1. The maximum Gasteiger partial charge on any atom is 0.165 e. The number of rotatable bonds is 3. The van der Waals surface area contributed by atoms with Gasteiger partial charge in [-0.2, -0.15) is 0 Å². The highest BCUT2D eigenvalue weighted by Crippen LogP contribution is 2.50. The van der Waals surface area contributed by atoms with Crippen LogP contribution in [0.15, 0.2) is 146 Å². The molecule has 0 aliphatic heterocycles. The molecule has 54 heavy (non-hydrogen) atoms. The van der Waals surface area contributed by atoms with Gasteiger partial charge in [-0.15, -0.1) is 0 Å². The first-order valence-corrected chi connectivity index (χ1v) is 19.1. The Kier molecular flexibility index (Phi) is 6.45. The maximum absolute atomic E-state index is 5.51. The normalized spacial score (nSPS) is 15.2. The van der Waals surface area contributed by atoms with E-state index in [2.05, 4.69) is 176 Å².